The van der Waals surface area contributed by atoms with Crippen LogP contribution < -0.4 is 10.6 Å². The monoisotopic (exact) mass is 250 g/mol. The quantitative estimate of drug-likeness (QED) is 0.585. The Bertz CT molecular complexity index is 441. The second-order valence-corrected chi connectivity index (χ2v) is 5.18. The number of carbonyl (C=O) groups excluding carboxylic acids is 1. The molecule has 98 valence electrons. The molecule has 2 aliphatic rings. The highest BCUT2D eigenvalue weighted by Crippen LogP contribution is 2.38. The lowest BCUT2D eigenvalue weighted by molar-refractivity contribution is 0.0922. The van der Waals surface area contributed by atoms with Gasteiger partial charge in [0, 0.05) is 37.2 Å². The minimum atomic E-state index is -0.369. The Morgan fingerprint density at radius 1 is 1.50 bits per heavy atom. The second kappa shape index (κ2) is 4.70. The van der Waals surface area contributed by atoms with E-state index in [0.717, 1.165) is 12.2 Å². The third-order valence-electron chi connectivity index (χ3n) is 3.68. The molecule has 1 aliphatic heterocycles. The molecule has 6 nitrogen and oxygen atoms in total. The van der Waals surface area contributed by atoms with Crippen LogP contribution in [0.25, 0.3) is 0 Å². The van der Waals surface area contributed by atoms with Crippen LogP contribution in [0.3, 0.4) is 0 Å². The molecule has 2 unspecified atom stereocenters. The maximum atomic E-state index is 11.9. The van der Waals surface area contributed by atoms with Gasteiger partial charge in [-0.15, -0.1) is 0 Å². The Labute approximate surface area is 105 Å². The first-order chi connectivity index (χ1) is 8.74. The van der Waals surface area contributed by atoms with E-state index in [1.54, 1.807) is 0 Å². The van der Waals surface area contributed by atoms with Gasteiger partial charge in [-0.05, 0) is 18.9 Å². The van der Waals surface area contributed by atoms with Crippen LogP contribution in [0.4, 0.5) is 0 Å². The van der Waals surface area contributed by atoms with E-state index < -0.39 is 0 Å². The molecule has 3 rings (SSSR count). The number of aromatic amines is 1. The Hall–Kier alpha value is -1.40. The summed E-state index contributed by atoms with van der Waals surface area (Å²) < 4.78 is 0. The van der Waals surface area contributed by atoms with E-state index in [0.29, 0.717) is 24.7 Å². The molecule has 1 aliphatic carbocycles. The lowest BCUT2D eigenvalue weighted by Crippen LogP contribution is -2.34. The van der Waals surface area contributed by atoms with Crippen LogP contribution in [-0.4, -0.2) is 46.9 Å². The predicted octanol–water partition coefficient (Wildman–Crippen LogP) is -0.403. The lowest BCUT2D eigenvalue weighted by atomic mass is 10.1. The van der Waals surface area contributed by atoms with Crippen molar-refractivity contribution in [2.45, 2.75) is 24.9 Å². The average Bonchev–Trinajstić information content (AvgIpc) is 2.95. The van der Waals surface area contributed by atoms with Gasteiger partial charge in [0.25, 0.3) is 5.91 Å². The molecule has 1 saturated heterocycles. The molecular formula is C12H18N4O2. The van der Waals surface area contributed by atoms with E-state index >= 15 is 0 Å². The van der Waals surface area contributed by atoms with Crippen LogP contribution >= 0.6 is 0 Å². The molecule has 0 spiro atoms. The molecule has 1 aromatic heterocycles. The molecule has 6 heteroatoms. The highest BCUT2D eigenvalue weighted by Gasteiger charge is 2.28. The van der Waals surface area contributed by atoms with Crippen molar-refractivity contribution in [2.24, 2.45) is 5.92 Å². The molecule has 2 fully saturated rings. The number of β-amino-alcohol motifs (C(OH)–C–C–N with tert-alkyl or cyclic N) is 1. The number of nitrogens with one attached hydrogen (secondary N) is 3. The summed E-state index contributed by atoms with van der Waals surface area (Å²) in [7, 11) is 0. The van der Waals surface area contributed by atoms with Crippen LogP contribution in [0.1, 0.15) is 34.9 Å². The van der Waals surface area contributed by atoms with E-state index in [9.17, 15) is 9.90 Å². The van der Waals surface area contributed by atoms with Crippen molar-refractivity contribution in [1.29, 1.82) is 0 Å². The third kappa shape index (κ3) is 2.39. The summed E-state index contributed by atoms with van der Waals surface area (Å²) in [5, 5.41) is 22.5. The maximum absolute atomic E-state index is 11.9. The van der Waals surface area contributed by atoms with E-state index in [1.807, 2.05) is 6.07 Å². The van der Waals surface area contributed by atoms with Gasteiger partial charge in [0.05, 0.1) is 6.10 Å². The molecule has 1 saturated carbocycles. The van der Waals surface area contributed by atoms with Gasteiger partial charge < -0.3 is 15.7 Å². The van der Waals surface area contributed by atoms with Gasteiger partial charge in [0.2, 0.25) is 0 Å². The number of nitrogens with zero attached hydrogens (tertiary/aromatic N) is 1. The Balaban J connectivity index is 1.53. The number of rotatable bonds is 4. The minimum Gasteiger partial charge on any atom is -0.391 e. The topological polar surface area (TPSA) is 90.0 Å². The standard InChI is InChI=1S/C12H18N4O2/c17-11-6-13-4-8(11)5-14-12(18)10-3-9(15-16-10)7-1-2-7/h3,7-8,11,13,17H,1-2,4-6H2,(H,14,18)(H,15,16). The van der Waals surface area contributed by atoms with E-state index in [-0.39, 0.29) is 17.9 Å². The Kier molecular flexibility index (Phi) is 3.05. The molecule has 4 N–H and O–H groups in total. The normalized spacial score (nSPS) is 27.4. The van der Waals surface area contributed by atoms with Crippen molar-refractivity contribution < 1.29 is 9.90 Å². The van der Waals surface area contributed by atoms with Crippen molar-refractivity contribution in [3.05, 3.63) is 17.5 Å². The molecule has 2 atom stereocenters. The molecule has 1 aromatic rings. The number of H-pyrrole nitrogens is 1. The zero-order valence-electron chi connectivity index (χ0n) is 10.1. The van der Waals surface area contributed by atoms with Crippen molar-refractivity contribution in [2.75, 3.05) is 19.6 Å². The van der Waals surface area contributed by atoms with Gasteiger partial charge in [0.15, 0.2) is 0 Å². The molecule has 0 aromatic carbocycles. The second-order valence-electron chi connectivity index (χ2n) is 5.18. The van der Waals surface area contributed by atoms with Crippen molar-refractivity contribution in [3.8, 4) is 0 Å². The van der Waals surface area contributed by atoms with Gasteiger partial charge in [0.1, 0.15) is 5.69 Å². The van der Waals surface area contributed by atoms with Crippen molar-refractivity contribution in [3.63, 3.8) is 0 Å². The fourth-order valence-electron chi connectivity index (χ4n) is 2.30. The molecular weight excluding hydrogens is 232 g/mol. The lowest BCUT2D eigenvalue weighted by Gasteiger charge is -2.13. The largest absolute Gasteiger partial charge is 0.391 e. The summed E-state index contributed by atoms with van der Waals surface area (Å²) in [6.45, 7) is 1.84. The summed E-state index contributed by atoms with van der Waals surface area (Å²) in [4.78, 5) is 11.9. The van der Waals surface area contributed by atoms with Crippen molar-refractivity contribution >= 4 is 5.91 Å². The first kappa shape index (κ1) is 11.7. The summed E-state index contributed by atoms with van der Waals surface area (Å²) in [5.41, 5.74) is 1.50. The van der Waals surface area contributed by atoms with E-state index in [1.165, 1.54) is 12.8 Å². The van der Waals surface area contributed by atoms with Gasteiger partial charge in [-0.1, -0.05) is 0 Å². The molecule has 0 bridgehead atoms. The summed E-state index contributed by atoms with van der Waals surface area (Å²) in [5.74, 6) is 0.493. The van der Waals surface area contributed by atoms with Crippen LogP contribution in [0.15, 0.2) is 6.07 Å². The third-order valence-corrected chi connectivity index (χ3v) is 3.68. The van der Waals surface area contributed by atoms with Crippen molar-refractivity contribution in [1.82, 2.24) is 20.8 Å². The zero-order chi connectivity index (χ0) is 12.5. The molecule has 0 radical (unpaired) electrons. The van der Waals surface area contributed by atoms with Gasteiger partial charge in [-0.3, -0.25) is 9.89 Å². The first-order valence-corrected chi connectivity index (χ1v) is 6.46. The SMILES string of the molecule is O=C(NCC1CNCC1O)c1cc(C2CC2)[nH]n1. The van der Waals surface area contributed by atoms with Crippen LogP contribution in [-0.2, 0) is 0 Å². The molecule has 18 heavy (non-hydrogen) atoms. The highest BCUT2D eigenvalue weighted by atomic mass is 16.3. The van der Waals surface area contributed by atoms with Gasteiger partial charge in [-0.2, -0.15) is 5.10 Å². The fourth-order valence-corrected chi connectivity index (χ4v) is 2.30. The van der Waals surface area contributed by atoms with Gasteiger partial charge >= 0.3 is 0 Å². The van der Waals surface area contributed by atoms with E-state index in [4.69, 9.17) is 0 Å². The summed E-state index contributed by atoms with van der Waals surface area (Å²) in [6, 6.07) is 1.83. The number of aromatic nitrogens is 2. The van der Waals surface area contributed by atoms with E-state index in [2.05, 4.69) is 20.8 Å². The summed E-state index contributed by atoms with van der Waals surface area (Å²) >= 11 is 0. The Morgan fingerprint density at radius 3 is 3.00 bits per heavy atom. The zero-order valence-corrected chi connectivity index (χ0v) is 10.1. The van der Waals surface area contributed by atoms with Crippen LogP contribution in [0, 0.1) is 5.92 Å². The number of aliphatic hydroxyl groups excluding tert-OH is 1. The summed E-state index contributed by atoms with van der Waals surface area (Å²) in [6.07, 6.45) is 2.00. The predicted molar refractivity (Wildman–Crippen MR) is 65.3 cm³/mol. The van der Waals surface area contributed by atoms with Crippen LogP contribution in [0.5, 0.6) is 0 Å². The fraction of sp³-hybridized carbons (Fsp3) is 0.667. The average molecular weight is 250 g/mol. The Morgan fingerprint density at radius 2 is 2.33 bits per heavy atom. The molecule has 2 heterocycles. The smallest absolute Gasteiger partial charge is 0.271 e. The highest BCUT2D eigenvalue weighted by molar-refractivity contribution is 5.92. The minimum absolute atomic E-state index is 0.0933. The number of aliphatic hydroxyl groups is 1. The number of carbonyl (C=O) groups is 1. The van der Waals surface area contributed by atoms with Gasteiger partial charge in [-0.25, -0.2) is 0 Å². The van der Waals surface area contributed by atoms with Crippen LogP contribution in [0.2, 0.25) is 0 Å². The number of hydrogen-bond acceptors (Lipinski definition) is 4. The number of amides is 1. The number of hydrogen-bond donors (Lipinski definition) is 4. The first-order valence-electron chi connectivity index (χ1n) is 6.46. The maximum Gasteiger partial charge on any atom is 0.271 e. The molecule has 1 amide bonds.